The van der Waals surface area contributed by atoms with Crippen LogP contribution in [0.25, 0.3) is 0 Å². The monoisotopic (exact) mass is 428 g/mol. The van der Waals surface area contributed by atoms with E-state index in [1.165, 1.54) is 0 Å². The Morgan fingerprint density at radius 2 is 1.80 bits per heavy atom. The van der Waals surface area contributed by atoms with Crippen LogP contribution in [-0.4, -0.2) is 80.7 Å². The van der Waals surface area contributed by atoms with Crippen molar-refractivity contribution >= 4 is 11.8 Å². The van der Waals surface area contributed by atoms with Crippen molar-refractivity contribution in [3.05, 3.63) is 0 Å². The van der Waals surface area contributed by atoms with Gasteiger partial charge in [0.2, 0.25) is 6.29 Å². The smallest absolute Gasteiger partial charge is 0.315 e. The van der Waals surface area contributed by atoms with Crippen LogP contribution in [0.1, 0.15) is 46.5 Å². The maximum Gasteiger partial charge on any atom is 0.315 e. The second-order valence-corrected chi connectivity index (χ2v) is 10.1. The van der Waals surface area contributed by atoms with Gasteiger partial charge in [0.25, 0.3) is 0 Å². The summed E-state index contributed by atoms with van der Waals surface area (Å²) in [5.74, 6) is -1.17. The van der Waals surface area contributed by atoms with Gasteiger partial charge in [0.1, 0.15) is 30.2 Å². The number of fused-ring (bicyclic) bond motifs is 2. The topological polar surface area (TPSA) is 154 Å². The van der Waals surface area contributed by atoms with E-state index in [-0.39, 0.29) is 17.6 Å². The first-order valence-electron chi connectivity index (χ1n) is 10.7. The molecule has 5 rings (SSSR count). The van der Waals surface area contributed by atoms with Crippen molar-refractivity contribution in [1.29, 1.82) is 0 Å². The van der Waals surface area contributed by atoms with Crippen LogP contribution < -0.4 is 0 Å². The summed E-state index contributed by atoms with van der Waals surface area (Å²) in [6, 6.07) is 0. The molecular formula is C21H32O9. The molecule has 11 atom stereocenters. The van der Waals surface area contributed by atoms with Gasteiger partial charge in [0.05, 0.1) is 18.1 Å². The average Bonchev–Trinajstić information content (AvgIpc) is 2.96. The summed E-state index contributed by atoms with van der Waals surface area (Å²) < 4.78 is 10.9. The van der Waals surface area contributed by atoms with Gasteiger partial charge in [-0.2, -0.15) is 0 Å². The Kier molecular flexibility index (Phi) is 5.12. The molecule has 0 aromatic carbocycles. The van der Waals surface area contributed by atoms with E-state index in [0.717, 1.165) is 6.42 Å². The summed E-state index contributed by atoms with van der Waals surface area (Å²) in [6.07, 6.45) is -6.39. The molecular weight excluding hydrogens is 396 g/mol. The molecule has 4 saturated carbocycles. The van der Waals surface area contributed by atoms with E-state index >= 15 is 0 Å². The van der Waals surface area contributed by atoms with Gasteiger partial charge in [-0.3, -0.25) is 9.59 Å². The summed E-state index contributed by atoms with van der Waals surface area (Å²) in [5.41, 5.74) is -2.70. The van der Waals surface area contributed by atoms with E-state index in [1.54, 1.807) is 13.8 Å². The molecule has 5 aliphatic rings. The fourth-order valence-corrected chi connectivity index (χ4v) is 6.78. The van der Waals surface area contributed by atoms with E-state index in [2.05, 4.69) is 0 Å². The number of rotatable bonds is 3. The largest absolute Gasteiger partial charge is 0.432 e. The van der Waals surface area contributed by atoms with E-state index in [9.17, 15) is 35.1 Å². The SMILES string of the molecule is C[C@H]1[C@@H](O)C[C@H]2[C@@]13CC[C@@](C)(C(=O)C3)[C@]2(C)C(=O)O[C@@H]1O[C@H](CO)[C@@H](O)[C@H](O)[C@H]1O. The first-order chi connectivity index (χ1) is 13.9. The molecule has 9 heteroatoms. The zero-order chi connectivity index (χ0) is 22.2. The molecule has 0 amide bonds. The number of aliphatic hydroxyl groups is 5. The molecule has 0 unspecified atom stereocenters. The van der Waals surface area contributed by atoms with Crippen molar-refractivity contribution in [3.63, 3.8) is 0 Å². The Bertz CT molecular complexity index is 740. The zero-order valence-corrected chi connectivity index (χ0v) is 17.5. The minimum absolute atomic E-state index is 0.0285. The van der Waals surface area contributed by atoms with Gasteiger partial charge < -0.3 is 35.0 Å². The molecule has 170 valence electrons. The minimum Gasteiger partial charge on any atom is -0.432 e. The van der Waals surface area contributed by atoms with Crippen molar-refractivity contribution in [2.45, 2.75) is 83.3 Å². The molecule has 1 spiro atoms. The Morgan fingerprint density at radius 3 is 2.40 bits per heavy atom. The molecule has 2 bridgehead atoms. The van der Waals surface area contributed by atoms with Gasteiger partial charge in [-0.1, -0.05) is 13.8 Å². The van der Waals surface area contributed by atoms with Gasteiger partial charge in [0, 0.05) is 11.8 Å². The van der Waals surface area contributed by atoms with Crippen LogP contribution in [0.2, 0.25) is 0 Å². The number of hydrogen-bond donors (Lipinski definition) is 5. The van der Waals surface area contributed by atoms with Crippen molar-refractivity contribution in [1.82, 2.24) is 0 Å². The number of hydrogen-bond acceptors (Lipinski definition) is 9. The molecule has 1 aliphatic heterocycles. The summed E-state index contributed by atoms with van der Waals surface area (Å²) >= 11 is 0. The van der Waals surface area contributed by atoms with Gasteiger partial charge in [-0.25, -0.2) is 0 Å². The van der Waals surface area contributed by atoms with Crippen LogP contribution in [-0.2, 0) is 19.1 Å². The lowest BCUT2D eigenvalue weighted by molar-refractivity contribution is -0.300. The summed E-state index contributed by atoms with van der Waals surface area (Å²) in [4.78, 5) is 26.7. The minimum atomic E-state index is -1.71. The van der Waals surface area contributed by atoms with E-state index in [4.69, 9.17) is 9.47 Å². The van der Waals surface area contributed by atoms with Crippen LogP contribution in [0.4, 0.5) is 0 Å². The number of carbonyl (C=O) groups is 2. The Labute approximate surface area is 175 Å². The molecule has 9 nitrogen and oxygen atoms in total. The summed E-state index contributed by atoms with van der Waals surface area (Å²) in [6.45, 7) is 4.75. The third-order valence-electron chi connectivity index (χ3n) is 9.19. The standard InChI is InChI=1S/C21H32O9/c1-9-10(23)6-12-20(3,19(2)4-5-21(9,12)7-13(19)24)18(28)30-17-16(27)15(26)14(25)11(8-22)29-17/h9-12,14-17,22-23,25-27H,4-8H2,1-3H3/t9-,10-,11+,12+,14+,15-,16+,17-,19-,20-,21+/m0/s1. The maximum absolute atomic E-state index is 13.6. The molecule has 4 aliphatic carbocycles. The highest BCUT2D eigenvalue weighted by atomic mass is 16.7. The molecule has 1 saturated heterocycles. The normalized spacial score (nSPS) is 55.4. The second kappa shape index (κ2) is 6.95. The number of aliphatic hydroxyl groups excluding tert-OH is 5. The van der Waals surface area contributed by atoms with E-state index < -0.39 is 65.6 Å². The van der Waals surface area contributed by atoms with Crippen LogP contribution in [0.15, 0.2) is 0 Å². The fourth-order valence-electron chi connectivity index (χ4n) is 6.78. The van der Waals surface area contributed by atoms with Gasteiger partial charge >= 0.3 is 5.97 Å². The third-order valence-corrected chi connectivity index (χ3v) is 9.19. The number of Topliss-reactive ketones (excluding diaryl/α,β-unsaturated/α-hetero) is 1. The lowest BCUT2D eigenvalue weighted by Gasteiger charge is -2.63. The number of ether oxygens (including phenoxy) is 2. The van der Waals surface area contributed by atoms with Crippen LogP contribution in [0.5, 0.6) is 0 Å². The van der Waals surface area contributed by atoms with Crippen molar-refractivity contribution < 1.29 is 44.6 Å². The molecule has 5 N–H and O–H groups in total. The maximum atomic E-state index is 13.6. The molecule has 0 aromatic heterocycles. The molecule has 0 radical (unpaired) electrons. The predicted octanol–water partition coefficient (Wildman–Crippen LogP) is -0.888. The Hall–Kier alpha value is -1.10. The summed E-state index contributed by atoms with van der Waals surface area (Å²) in [7, 11) is 0. The number of ketones is 1. The van der Waals surface area contributed by atoms with E-state index in [1.807, 2.05) is 6.92 Å². The zero-order valence-electron chi connectivity index (χ0n) is 17.5. The quantitative estimate of drug-likeness (QED) is 0.360. The van der Waals surface area contributed by atoms with Crippen LogP contribution >= 0.6 is 0 Å². The van der Waals surface area contributed by atoms with Crippen molar-refractivity contribution in [2.75, 3.05) is 6.61 Å². The first kappa shape index (κ1) is 22.1. The first-order valence-corrected chi connectivity index (χ1v) is 10.7. The van der Waals surface area contributed by atoms with Gasteiger partial charge in [-0.15, -0.1) is 0 Å². The van der Waals surface area contributed by atoms with Crippen molar-refractivity contribution in [2.24, 2.45) is 28.1 Å². The summed E-state index contributed by atoms with van der Waals surface area (Å²) in [5, 5.41) is 50.2. The highest BCUT2D eigenvalue weighted by molar-refractivity contribution is 5.95. The fraction of sp³-hybridized carbons (Fsp3) is 0.905. The molecule has 1 heterocycles. The van der Waals surface area contributed by atoms with E-state index in [0.29, 0.717) is 19.3 Å². The lowest BCUT2D eigenvalue weighted by Crippen LogP contribution is -2.67. The molecule has 5 fully saturated rings. The highest BCUT2D eigenvalue weighted by Crippen LogP contribution is 2.73. The Morgan fingerprint density at radius 1 is 1.13 bits per heavy atom. The number of esters is 1. The highest BCUT2D eigenvalue weighted by Gasteiger charge is 2.75. The van der Waals surface area contributed by atoms with Crippen LogP contribution in [0, 0.1) is 28.1 Å². The number of carbonyl (C=O) groups excluding carboxylic acids is 2. The predicted molar refractivity (Wildman–Crippen MR) is 101 cm³/mol. The second-order valence-electron chi connectivity index (χ2n) is 10.1. The van der Waals surface area contributed by atoms with Crippen LogP contribution in [0.3, 0.4) is 0 Å². The Balaban J connectivity index is 1.67. The van der Waals surface area contributed by atoms with Gasteiger partial charge in [-0.05, 0) is 43.4 Å². The average molecular weight is 428 g/mol. The lowest BCUT2D eigenvalue weighted by atomic mass is 9.38. The van der Waals surface area contributed by atoms with Crippen molar-refractivity contribution in [3.8, 4) is 0 Å². The molecule has 0 aromatic rings. The van der Waals surface area contributed by atoms with Gasteiger partial charge in [0.15, 0.2) is 0 Å². The molecule has 30 heavy (non-hydrogen) atoms. The third kappa shape index (κ3) is 2.56.